The van der Waals surface area contributed by atoms with E-state index in [-0.39, 0.29) is 0 Å². The van der Waals surface area contributed by atoms with Crippen LogP contribution in [0.25, 0.3) is 0 Å². The molecule has 0 aliphatic rings. The number of hydrogen-bond acceptors (Lipinski definition) is 3. The summed E-state index contributed by atoms with van der Waals surface area (Å²) in [7, 11) is 3.58. The van der Waals surface area contributed by atoms with Crippen LogP contribution in [-0.2, 0) is 26.6 Å². The van der Waals surface area contributed by atoms with Crippen molar-refractivity contribution in [2.45, 2.75) is 33.4 Å². The molecule has 0 saturated heterocycles. The number of nitrogens with zero attached hydrogens (tertiary/aromatic N) is 2. The van der Waals surface area contributed by atoms with Crippen molar-refractivity contribution in [2.75, 3.05) is 7.11 Å². The van der Waals surface area contributed by atoms with Gasteiger partial charge in [0.25, 0.3) is 0 Å². The van der Waals surface area contributed by atoms with Crippen molar-refractivity contribution in [3.8, 4) is 5.88 Å². The standard InChI is InChI=1S/C16H22ClN3O/c1-5-15-13(16(21-4)20(3)19-15)10-18-9-12-7-6-11(2)14(17)8-12/h6-8,18H,5,9-10H2,1-4H3. The summed E-state index contributed by atoms with van der Waals surface area (Å²) in [6.07, 6.45) is 0.893. The van der Waals surface area contributed by atoms with Crippen LogP contribution in [0.4, 0.5) is 0 Å². The maximum Gasteiger partial charge on any atom is 0.216 e. The van der Waals surface area contributed by atoms with Gasteiger partial charge < -0.3 is 10.1 Å². The monoisotopic (exact) mass is 307 g/mol. The molecule has 0 fully saturated rings. The maximum absolute atomic E-state index is 6.15. The lowest BCUT2D eigenvalue weighted by molar-refractivity contribution is 0.368. The Kier molecular flexibility index (Phi) is 5.26. The zero-order chi connectivity index (χ0) is 15.4. The highest BCUT2D eigenvalue weighted by atomic mass is 35.5. The Morgan fingerprint density at radius 3 is 2.71 bits per heavy atom. The molecular formula is C16H22ClN3O. The third-order valence-electron chi connectivity index (χ3n) is 3.57. The molecule has 0 aliphatic carbocycles. The van der Waals surface area contributed by atoms with Crippen LogP contribution in [0.2, 0.25) is 5.02 Å². The van der Waals surface area contributed by atoms with Crippen molar-refractivity contribution in [3.63, 3.8) is 0 Å². The van der Waals surface area contributed by atoms with E-state index in [2.05, 4.69) is 23.4 Å². The average Bonchev–Trinajstić information content (AvgIpc) is 2.78. The summed E-state index contributed by atoms with van der Waals surface area (Å²) in [5, 5.41) is 8.73. The Morgan fingerprint density at radius 1 is 1.33 bits per heavy atom. The molecule has 0 bridgehead atoms. The Bertz CT molecular complexity index is 622. The molecule has 1 aromatic carbocycles. The van der Waals surface area contributed by atoms with Crippen LogP contribution in [-0.4, -0.2) is 16.9 Å². The van der Waals surface area contributed by atoms with Gasteiger partial charge in [0.2, 0.25) is 5.88 Å². The lowest BCUT2D eigenvalue weighted by Crippen LogP contribution is -2.14. The van der Waals surface area contributed by atoms with E-state index >= 15 is 0 Å². The number of methoxy groups -OCH3 is 1. The normalized spacial score (nSPS) is 10.9. The van der Waals surface area contributed by atoms with Crippen molar-refractivity contribution in [2.24, 2.45) is 7.05 Å². The van der Waals surface area contributed by atoms with Gasteiger partial charge in [-0.1, -0.05) is 30.7 Å². The maximum atomic E-state index is 6.15. The van der Waals surface area contributed by atoms with E-state index < -0.39 is 0 Å². The quantitative estimate of drug-likeness (QED) is 0.890. The number of rotatable bonds is 6. The molecule has 0 aliphatic heterocycles. The van der Waals surface area contributed by atoms with Crippen molar-refractivity contribution in [1.82, 2.24) is 15.1 Å². The molecule has 0 unspecified atom stereocenters. The number of hydrogen-bond donors (Lipinski definition) is 1. The number of benzene rings is 1. The predicted octanol–water partition coefficient (Wildman–Crippen LogP) is 3.24. The molecule has 0 atom stereocenters. The van der Waals surface area contributed by atoms with Crippen LogP contribution in [0.3, 0.4) is 0 Å². The zero-order valence-electron chi connectivity index (χ0n) is 13.0. The van der Waals surface area contributed by atoms with Gasteiger partial charge >= 0.3 is 0 Å². The van der Waals surface area contributed by atoms with Crippen molar-refractivity contribution >= 4 is 11.6 Å². The van der Waals surface area contributed by atoms with E-state index in [1.54, 1.807) is 11.8 Å². The molecule has 21 heavy (non-hydrogen) atoms. The first-order valence-corrected chi connectivity index (χ1v) is 7.49. The molecule has 0 amide bonds. The summed E-state index contributed by atoms with van der Waals surface area (Å²) in [4.78, 5) is 0. The van der Waals surface area contributed by atoms with E-state index in [1.807, 2.05) is 26.1 Å². The zero-order valence-corrected chi connectivity index (χ0v) is 13.8. The number of aryl methyl sites for hydroxylation is 3. The summed E-state index contributed by atoms with van der Waals surface area (Å²) in [6, 6.07) is 6.14. The molecule has 2 aromatic rings. The molecule has 114 valence electrons. The van der Waals surface area contributed by atoms with Gasteiger partial charge in [0.05, 0.1) is 18.4 Å². The number of nitrogens with one attached hydrogen (secondary N) is 1. The Labute approximate surface area is 131 Å². The van der Waals surface area contributed by atoms with Crippen molar-refractivity contribution < 1.29 is 4.74 Å². The smallest absolute Gasteiger partial charge is 0.216 e. The SMILES string of the molecule is CCc1nn(C)c(OC)c1CNCc1ccc(C)c(Cl)c1. The second kappa shape index (κ2) is 6.96. The fourth-order valence-corrected chi connectivity index (χ4v) is 2.60. The number of ether oxygens (including phenoxy) is 1. The molecule has 1 heterocycles. The number of aromatic nitrogens is 2. The van der Waals surface area contributed by atoms with Gasteiger partial charge in [-0.15, -0.1) is 0 Å². The van der Waals surface area contributed by atoms with E-state index in [0.29, 0.717) is 0 Å². The van der Waals surface area contributed by atoms with Crippen LogP contribution < -0.4 is 10.1 Å². The van der Waals surface area contributed by atoms with Gasteiger partial charge in [0, 0.05) is 25.2 Å². The molecule has 4 nitrogen and oxygen atoms in total. The third kappa shape index (κ3) is 3.57. The largest absolute Gasteiger partial charge is 0.481 e. The molecule has 1 N–H and O–H groups in total. The van der Waals surface area contributed by atoms with Gasteiger partial charge in [-0.3, -0.25) is 0 Å². The molecule has 1 aromatic heterocycles. The minimum absolute atomic E-state index is 0.728. The highest BCUT2D eigenvalue weighted by Gasteiger charge is 2.14. The van der Waals surface area contributed by atoms with Crippen LogP contribution in [0, 0.1) is 6.92 Å². The summed E-state index contributed by atoms with van der Waals surface area (Å²) >= 11 is 6.15. The van der Waals surface area contributed by atoms with E-state index in [1.165, 1.54) is 5.56 Å². The minimum atomic E-state index is 0.728. The number of halogens is 1. The predicted molar refractivity (Wildman–Crippen MR) is 85.9 cm³/mol. The van der Waals surface area contributed by atoms with Gasteiger partial charge in [0.1, 0.15) is 0 Å². The molecular weight excluding hydrogens is 286 g/mol. The lowest BCUT2D eigenvalue weighted by Gasteiger charge is -2.08. The fraction of sp³-hybridized carbons (Fsp3) is 0.438. The van der Waals surface area contributed by atoms with E-state index in [9.17, 15) is 0 Å². The summed E-state index contributed by atoms with van der Waals surface area (Å²) in [5.41, 5.74) is 4.47. The molecule has 0 radical (unpaired) electrons. The van der Waals surface area contributed by atoms with Crippen molar-refractivity contribution in [1.29, 1.82) is 0 Å². The first-order chi connectivity index (χ1) is 10.1. The summed E-state index contributed by atoms with van der Waals surface area (Å²) in [5.74, 6) is 0.821. The van der Waals surface area contributed by atoms with Crippen LogP contribution in [0.5, 0.6) is 5.88 Å². The van der Waals surface area contributed by atoms with Crippen LogP contribution >= 0.6 is 11.6 Å². The van der Waals surface area contributed by atoms with Crippen LogP contribution in [0.1, 0.15) is 29.3 Å². The van der Waals surface area contributed by atoms with Crippen molar-refractivity contribution in [3.05, 3.63) is 45.6 Å². The fourth-order valence-electron chi connectivity index (χ4n) is 2.40. The Hall–Kier alpha value is -1.52. The molecule has 2 rings (SSSR count). The second-order valence-corrected chi connectivity index (χ2v) is 5.51. The molecule has 5 heteroatoms. The summed E-state index contributed by atoms with van der Waals surface area (Å²) < 4.78 is 7.23. The van der Waals surface area contributed by atoms with Gasteiger partial charge in [0.15, 0.2) is 0 Å². The minimum Gasteiger partial charge on any atom is -0.481 e. The summed E-state index contributed by atoms with van der Waals surface area (Å²) in [6.45, 7) is 5.60. The first-order valence-electron chi connectivity index (χ1n) is 7.11. The second-order valence-electron chi connectivity index (χ2n) is 5.10. The molecule has 0 saturated carbocycles. The molecule has 0 spiro atoms. The van der Waals surface area contributed by atoms with Crippen LogP contribution in [0.15, 0.2) is 18.2 Å². The highest BCUT2D eigenvalue weighted by molar-refractivity contribution is 6.31. The highest BCUT2D eigenvalue weighted by Crippen LogP contribution is 2.22. The topological polar surface area (TPSA) is 39.1 Å². The Balaban J connectivity index is 2.04. The van der Waals surface area contributed by atoms with Gasteiger partial charge in [-0.2, -0.15) is 5.10 Å². The third-order valence-corrected chi connectivity index (χ3v) is 3.97. The Morgan fingerprint density at radius 2 is 2.10 bits per heavy atom. The van der Waals surface area contributed by atoms with Gasteiger partial charge in [-0.25, -0.2) is 4.68 Å². The lowest BCUT2D eigenvalue weighted by atomic mass is 10.1. The first kappa shape index (κ1) is 15.9. The van der Waals surface area contributed by atoms with E-state index in [0.717, 1.165) is 47.2 Å². The average molecular weight is 308 g/mol. The van der Waals surface area contributed by atoms with Gasteiger partial charge in [-0.05, 0) is 30.5 Å². The van der Waals surface area contributed by atoms with E-state index in [4.69, 9.17) is 16.3 Å².